The van der Waals surface area contributed by atoms with Crippen LogP contribution in [0.2, 0.25) is 5.15 Å². The zero-order valence-corrected chi connectivity index (χ0v) is 24.0. The highest BCUT2D eigenvalue weighted by atomic mass is 35.5. The van der Waals surface area contributed by atoms with E-state index in [0.29, 0.717) is 17.8 Å². The topological polar surface area (TPSA) is 97.3 Å². The third-order valence-electron chi connectivity index (χ3n) is 7.93. The first-order valence-electron chi connectivity index (χ1n) is 13.9. The maximum atomic E-state index is 7.14. The highest BCUT2D eigenvalue weighted by molar-refractivity contribution is 6.33. The predicted molar refractivity (Wildman–Crippen MR) is 161 cm³/mol. The molecule has 1 aliphatic heterocycles. The Labute approximate surface area is 248 Å². The molecule has 5 aromatic rings. The molecule has 1 aliphatic carbocycles. The molecule has 2 aromatic heterocycles. The van der Waals surface area contributed by atoms with E-state index < -0.39 is 11.4 Å². The molecule has 0 amide bonds. The maximum absolute atomic E-state index is 7.14. The molecule has 1 saturated heterocycles. The Hall–Kier alpha value is -4.08. The minimum Gasteiger partial charge on any atom is -0.368 e. The van der Waals surface area contributed by atoms with Gasteiger partial charge >= 0.3 is 0 Å². The number of benzene rings is 3. The molecule has 1 fully saturated rings. The Kier molecular flexibility index (Phi) is 6.59. The lowest BCUT2D eigenvalue weighted by molar-refractivity contribution is -0.148. The molecule has 0 radical (unpaired) electrons. The molecule has 0 unspecified atom stereocenters. The van der Waals surface area contributed by atoms with Crippen molar-refractivity contribution in [3.05, 3.63) is 131 Å². The lowest BCUT2D eigenvalue weighted by atomic mass is 9.80. The maximum Gasteiger partial charge on any atom is 0.223 e. The summed E-state index contributed by atoms with van der Waals surface area (Å²) >= 11 is 6.34. The molecular formula is C33H30ClN5O3. The van der Waals surface area contributed by atoms with Crippen LogP contribution < -0.4 is 5.73 Å². The van der Waals surface area contributed by atoms with Crippen LogP contribution in [-0.2, 0) is 19.8 Å². The van der Waals surface area contributed by atoms with Gasteiger partial charge in [-0.2, -0.15) is 9.97 Å². The summed E-state index contributed by atoms with van der Waals surface area (Å²) in [6, 6.07) is 30.7. The first kappa shape index (κ1) is 26.8. The first-order valence-corrected chi connectivity index (χ1v) is 14.3. The van der Waals surface area contributed by atoms with Crippen LogP contribution in [0, 0.1) is 0 Å². The van der Waals surface area contributed by atoms with Gasteiger partial charge in [0.1, 0.15) is 23.3 Å². The summed E-state index contributed by atoms with van der Waals surface area (Å²) in [5.74, 6) is -0.705. The lowest BCUT2D eigenvalue weighted by Crippen LogP contribution is -2.35. The van der Waals surface area contributed by atoms with Crippen LogP contribution in [0.5, 0.6) is 0 Å². The number of anilines is 1. The minimum absolute atomic E-state index is 0.0821. The number of fused-ring (bicyclic) bond motifs is 2. The summed E-state index contributed by atoms with van der Waals surface area (Å²) in [4.78, 5) is 13.0. The van der Waals surface area contributed by atoms with Crippen LogP contribution in [0.15, 0.2) is 109 Å². The van der Waals surface area contributed by atoms with Gasteiger partial charge < -0.3 is 24.5 Å². The molecule has 42 heavy (non-hydrogen) atoms. The summed E-state index contributed by atoms with van der Waals surface area (Å²) in [6.45, 7) is 4.14. The predicted octanol–water partition coefficient (Wildman–Crippen LogP) is 6.07. The van der Waals surface area contributed by atoms with Crippen LogP contribution >= 0.6 is 11.6 Å². The molecule has 9 heteroatoms. The van der Waals surface area contributed by atoms with Gasteiger partial charge in [-0.25, -0.2) is 4.98 Å². The van der Waals surface area contributed by atoms with Gasteiger partial charge in [0.15, 0.2) is 16.6 Å². The number of rotatable bonds is 7. The number of nitrogens with two attached hydrogens (primary N) is 1. The van der Waals surface area contributed by atoms with E-state index in [2.05, 4.69) is 57.4 Å². The van der Waals surface area contributed by atoms with E-state index in [9.17, 15) is 0 Å². The number of hydrogen-bond acceptors (Lipinski definition) is 7. The molecule has 3 aromatic carbocycles. The summed E-state index contributed by atoms with van der Waals surface area (Å²) in [6.07, 6.45) is 3.16. The second-order valence-electron chi connectivity index (χ2n) is 11.0. The fourth-order valence-corrected chi connectivity index (χ4v) is 6.40. The van der Waals surface area contributed by atoms with E-state index in [0.717, 1.165) is 22.3 Å². The van der Waals surface area contributed by atoms with Crippen molar-refractivity contribution in [2.24, 2.45) is 0 Å². The zero-order chi connectivity index (χ0) is 28.9. The normalized spacial score (nSPS) is 21.4. The Balaban J connectivity index is 1.33. The second-order valence-corrected chi connectivity index (χ2v) is 11.4. The molecule has 3 atom stereocenters. The van der Waals surface area contributed by atoms with Gasteiger partial charge in [-0.05, 0) is 36.1 Å². The molecule has 0 bridgehead atoms. The van der Waals surface area contributed by atoms with Crippen molar-refractivity contribution >= 4 is 28.7 Å². The average molecular weight is 580 g/mol. The van der Waals surface area contributed by atoms with E-state index in [4.69, 9.17) is 31.5 Å². The number of hydrogen-bond donors (Lipinski definition) is 1. The van der Waals surface area contributed by atoms with Crippen molar-refractivity contribution in [1.82, 2.24) is 19.5 Å². The van der Waals surface area contributed by atoms with Gasteiger partial charge in [-0.1, -0.05) is 109 Å². The Morgan fingerprint density at radius 2 is 1.45 bits per heavy atom. The summed E-state index contributed by atoms with van der Waals surface area (Å²) in [5, 5.41) is 0.209. The number of halogens is 1. The molecule has 2 N–H and O–H groups in total. The van der Waals surface area contributed by atoms with Crippen LogP contribution in [0.1, 0.15) is 36.6 Å². The van der Waals surface area contributed by atoms with Gasteiger partial charge in [0, 0.05) is 0 Å². The molecule has 8 nitrogen and oxygen atoms in total. The van der Waals surface area contributed by atoms with E-state index in [1.54, 1.807) is 6.33 Å². The summed E-state index contributed by atoms with van der Waals surface area (Å²) < 4.78 is 22.0. The summed E-state index contributed by atoms with van der Waals surface area (Å²) in [7, 11) is 0. The lowest BCUT2D eigenvalue weighted by Gasteiger charge is -2.36. The molecule has 212 valence electrons. The average Bonchev–Trinajstić information content (AvgIpc) is 3.66. The molecule has 2 aliphatic rings. The van der Waals surface area contributed by atoms with E-state index in [-0.39, 0.29) is 29.4 Å². The fourth-order valence-electron chi connectivity index (χ4n) is 6.18. The second kappa shape index (κ2) is 10.3. The minimum atomic E-state index is -0.871. The van der Waals surface area contributed by atoms with E-state index >= 15 is 0 Å². The number of ether oxygens (including phenoxy) is 3. The SMILES string of the molecule is CC1(C)O[C@@H]2[C@H](O1)C(COC(c1ccccc1)(c1ccccc1)c1ccccc1)=C[C@H]2n1cnc2c(Cl)nc(N)nc21. The van der Waals surface area contributed by atoms with Gasteiger partial charge in [0.25, 0.3) is 0 Å². The standard InChI is InChI=1S/C33H30ClN5O3/c1-32(2)41-27-21(18-25(28(27)42-32)39-20-36-26-29(34)37-31(35)38-30(26)39)19-40-33(22-12-6-3-7-13-22,23-14-8-4-9-15-23)24-16-10-5-11-17-24/h3-18,20,25,27-28H,19H2,1-2H3,(H2,35,37,38)/t25-,27-,28+/m1/s1. The molecule has 0 saturated carbocycles. The highest BCUT2D eigenvalue weighted by Crippen LogP contribution is 2.46. The highest BCUT2D eigenvalue weighted by Gasteiger charge is 2.51. The quantitative estimate of drug-likeness (QED) is 0.142. The van der Waals surface area contributed by atoms with Crippen molar-refractivity contribution in [2.75, 3.05) is 12.3 Å². The van der Waals surface area contributed by atoms with Crippen molar-refractivity contribution in [3.63, 3.8) is 0 Å². The fraction of sp³-hybridized carbons (Fsp3) is 0.242. The first-order chi connectivity index (χ1) is 20.4. The largest absolute Gasteiger partial charge is 0.368 e. The van der Waals surface area contributed by atoms with Crippen LogP contribution in [0.25, 0.3) is 11.2 Å². The number of nitrogens with zero attached hydrogens (tertiary/aromatic N) is 4. The monoisotopic (exact) mass is 579 g/mol. The molecule has 7 rings (SSSR count). The van der Waals surface area contributed by atoms with Crippen molar-refractivity contribution in [3.8, 4) is 0 Å². The van der Waals surface area contributed by atoms with Crippen molar-refractivity contribution in [1.29, 1.82) is 0 Å². The third-order valence-corrected chi connectivity index (χ3v) is 8.19. The van der Waals surface area contributed by atoms with E-state index in [1.807, 2.05) is 73.0 Å². The molecule has 0 spiro atoms. The van der Waals surface area contributed by atoms with Gasteiger partial charge in [-0.3, -0.25) is 0 Å². The summed E-state index contributed by atoms with van der Waals surface area (Å²) in [5.41, 5.74) is 10.2. The van der Waals surface area contributed by atoms with Gasteiger partial charge in [0.2, 0.25) is 5.95 Å². The van der Waals surface area contributed by atoms with Crippen LogP contribution in [0.4, 0.5) is 5.95 Å². The molecular weight excluding hydrogens is 550 g/mol. The third kappa shape index (κ3) is 4.48. The Bertz CT molecular complexity index is 1660. The number of nitrogen functional groups attached to an aromatic ring is 1. The van der Waals surface area contributed by atoms with Gasteiger partial charge in [-0.15, -0.1) is 0 Å². The van der Waals surface area contributed by atoms with Crippen LogP contribution in [0.3, 0.4) is 0 Å². The van der Waals surface area contributed by atoms with Gasteiger partial charge in [0.05, 0.1) is 19.0 Å². The van der Waals surface area contributed by atoms with Crippen molar-refractivity contribution in [2.45, 2.75) is 43.5 Å². The zero-order valence-electron chi connectivity index (χ0n) is 23.2. The smallest absolute Gasteiger partial charge is 0.223 e. The van der Waals surface area contributed by atoms with E-state index in [1.165, 1.54) is 0 Å². The van der Waals surface area contributed by atoms with Crippen LogP contribution in [-0.4, -0.2) is 44.1 Å². The Morgan fingerprint density at radius 3 is 2.02 bits per heavy atom. The number of aromatic nitrogens is 4. The van der Waals surface area contributed by atoms with Crippen molar-refractivity contribution < 1.29 is 14.2 Å². The molecule has 3 heterocycles. The Morgan fingerprint density at radius 1 is 0.881 bits per heavy atom. The number of imidazole rings is 1.